The van der Waals surface area contributed by atoms with Crippen LogP contribution in [0.4, 0.5) is 0 Å². The fourth-order valence-corrected chi connectivity index (χ4v) is 4.58. The van der Waals surface area contributed by atoms with Crippen molar-refractivity contribution in [3.05, 3.63) is 29.6 Å². The molecule has 0 spiro atoms. The van der Waals surface area contributed by atoms with Crippen LogP contribution < -0.4 is 0 Å². The fraction of sp³-hybridized carbons (Fsp3) is 0.762. The van der Waals surface area contributed by atoms with Crippen LogP contribution in [0.5, 0.6) is 0 Å². The van der Waals surface area contributed by atoms with E-state index in [2.05, 4.69) is 42.1 Å². The van der Waals surface area contributed by atoms with Gasteiger partial charge in [0.2, 0.25) is 0 Å². The second kappa shape index (κ2) is 6.42. The van der Waals surface area contributed by atoms with Crippen molar-refractivity contribution in [2.45, 2.75) is 64.3 Å². The first kappa shape index (κ1) is 16.5. The maximum absolute atomic E-state index is 5.94. The van der Waals surface area contributed by atoms with Crippen molar-refractivity contribution in [3.63, 3.8) is 0 Å². The van der Waals surface area contributed by atoms with Gasteiger partial charge in [-0.1, -0.05) is 18.9 Å². The Labute approximate surface area is 146 Å². The van der Waals surface area contributed by atoms with Gasteiger partial charge in [-0.05, 0) is 70.0 Å². The van der Waals surface area contributed by atoms with Gasteiger partial charge in [-0.3, -0.25) is 9.88 Å². The molecule has 0 unspecified atom stereocenters. The number of ether oxygens (including phenoxy) is 1. The molecule has 2 saturated carbocycles. The van der Waals surface area contributed by atoms with E-state index in [1.54, 1.807) is 0 Å². The minimum atomic E-state index is 0.286. The summed E-state index contributed by atoms with van der Waals surface area (Å²) in [5, 5.41) is 0. The molecule has 0 amide bonds. The van der Waals surface area contributed by atoms with Crippen molar-refractivity contribution in [1.29, 1.82) is 0 Å². The summed E-state index contributed by atoms with van der Waals surface area (Å²) in [5.41, 5.74) is 3.23. The summed E-state index contributed by atoms with van der Waals surface area (Å²) in [4.78, 5) is 7.33. The Kier molecular flexibility index (Phi) is 4.42. The van der Waals surface area contributed by atoms with E-state index < -0.39 is 0 Å². The minimum Gasteiger partial charge on any atom is -0.381 e. The Morgan fingerprint density at radius 3 is 2.71 bits per heavy atom. The van der Waals surface area contributed by atoms with Gasteiger partial charge in [-0.25, -0.2) is 0 Å². The molecule has 3 heteroatoms. The maximum atomic E-state index is 5.94. The first-order chi connectivity index (χ1) is 11.7. The number of aryl methyl sites for hydroxylation is 1. The highest BCUT2D eigenvalue weighted by Gasteiger charge is 2.54. The van der Waals surface area contributed by atoms with Crippen LogP contribution in [-0.2, 0) is 10.3 Å². The summed E-state index contributed by atoms with van der Waals surface area (Å²) < 4.78 is 5.94. The molecule has 0 N–H and O–H groups in total. The highest BCUT2D eigenvalue weighted by atomic mass is 16.5. The summed E-state index contributed by atoms with van der Waals surface area (Å²) in [5.74, 6) is 1.02. The van der Waals surface area contributed by atoms with E-state index in [1.807, 2.05) is 0 Å². The third-order valence-corrected chi connectivity index (χ3v) is 6.61. The molecule has 0 aromatic carbocycles. The molecule has 2 heterocycles. The Morgan fingerprint density at radius 1 is 1.25 bits per heavy atom. The van der Waals surface area contributed by atoms with E-state index in [0.717, 1.165) is 24.8 Å². The summed E-state index contributed by atoms with van der Waals surface area (Å²) in [6.07, 6.45) is 11.7. The molecule has 132 valence electrons. The van der Waals surface area contributed by atoms with Crippen LogP contribution in [-0.4, -0.2) is 36.2 Å². The molecule has 1 atom stereocenters. The lowest BCUT2D eigenvalue weighted by molar-refractivity contribution is 0.0421. The predicted octanol–water partition coefficient (Wildman–Crippen LogP) is 4.30. The number of rotatable bonds is 8. The van der Waals surface area contributed by atoms with Crippen molar-refractivity contribution in [1.82, 2.24) is 9.88 Å². The van der Waals surface area contributed by atoms with Gasteiger partial charge in [0.1, 0.15) is 0 Å². The van der Waals surface area contributed by atoms with E-state index in [9.17, 15) is 0 Å². The highest BCUT2D eigenvalue weighted by molar-refractivity contribution is 5.29. The number of nitrogens with zero attached hydrogens (tertiary/aromatic N) is 2. The SMILES string of the molecule is CCOC[C@@]1(CCC2CC2)CCN(C2(c3ccc(C)nc3)CC2)C1. The Hall–Kier alpha value is -0.930. The highest BCUT2D eigenvalue weighted by Crippen LogP contribution is 2.55. The molecule has 1 aliphatic heterocycles. The van der Waals surface area contributed by atoms with Crippen LogP contribution in [0.25, 0.3) is 0 Å². The topological polar surface area (TPSA) is 25.4 Å². The van der Waals surface area contributed by atoms with E-state index in [-0.39, 0.29) is 5.54 Å². The quantitative estimate of drug-likeness (QED) is 0.711. The van der Waals surface area contributed by atoms with Crippen LogP contribution in [0.3, 0.4) is 0 Å². The molecule has 1 saturated heterocycles. The molecule has 2 aliphatic carbocycles. The van der Waals surface area contributed by atoms with Crippen LogP contribution in [0.2, 0.25) is 0 Å². The summed E-state index contributed by atoms with van der Waals surface area (Å²) in [6, 6.07) is 4.48. The largest absolute Gasteiger partial charge is 0.381 e. The monoisotopic (exact) mass is 328 g/mol. The predicted molar refractivity (Wildman–Crippen MR) is 97.0 cm³/mol. The maximum Gasteiger partial charge on any atom is 0.0535 e. The zero-order valence-electron chi connectivity index (χ0n) is 15.4. The molecule has 3 nitrogen and oxygen atoms in total. The van der Waals surface area contributed by atoms with Crippen LogP contribution in [0.15, 0.2) is 18.3 Å². The summed E-state index contributed by atoms with van der Waals surface area (Å²) >= 11 is 0. The lowest BCUT2D eigenvalue weighted by atomic mass is 9.82. The second-order valence-electron chi connectivity index (χ2n) is 8.51. The molecular weight excluding hydrogens is 296 g/mol. The molecule has 4 rings (SSSR count). The molecule has 0 radical (unpaired) electrons. The Bertz CT molecular complexity index is 562. The van der Waals surface area contributed by atoms with Crippen LogP contribution >= 0.6 is 0 Å². The van der Waals surface area contributed by atoms with Gasteiger partial charge < -0.3 is 4.74 Å². The van der Waals surface area contributed by atoms with E-state index in [4.69, 9.17) is 4.74 Å². The third-order valence-electron chi connectivity index (χ3n) is 6.61. The molecule has 0 bridgehead atoms. The molecular formula is C21H32N2O. The molecule has 3 aliphatic rings. The van der Waals surface area contributed by atoms with E-state index in [0.29, 0.717) is 5.41 Å². The average molecular weight is 329 g/mol. The minimum absolute atomic E-state index is 0.286. The standard InChI is InChI=1S/C21H32N2O/c1-3-24-16-20(9-8-18-5-6-18)12-13-23(15-20)21(10-11-21)19-7-4-17(2)22-14-19/h4,7,14,18H,3,5-6,8-13,15-16H2,1-2H3/t20-/m0/s1. The molecule has 1 aromatic rings. The molecule has 3 fully saturated rings. The number of pyridine rings is 1. The normalized spacial score (nSPS) is 29.1. The van der Waals surface area contributed by atoms with Gasteiger partial charge in [0.15, 0.2) is 0 Å². The molecule has 24 heavy (non-hydrogen) atoms. The third kappa shape index (κ3) is 3.25. The summed E-state index contributed by atoms with van der Waals surface area (Å²) in [7, 11) is 0. The Balaban J connectivity index is 1.47. The van der Waals surface area contributed by atoms with Crippen molar-refractivity contribution in [3.8, 4) is 0 Å². The lowest BCUT2D eigenvalue weighted by Gasteiger charge is -2.33. The number of likely N-dealkylation sites (tertiary alicyclic amines) is 1. The Morgan fingerprint density at radius 2 is 2.08 bits per heavy atom. The molecule has 1 aromatic heterocycles. The van der Waals surface area contributed by atoms with Gasteiger partial charge >= 0.3 is 0 Å². The number of hydrogen-bond donors (Lipinski definition) is 0. The van der Waals surface area contributed by atoms with Gasteiger partial charge in [0.25, 0.3) is 0 Å². The number of hydrogen-bond acceptors (Lipinski definition) is 3. The summed E-state index contributed by atoms with van der Waals surface area (Å²) in [6.45, 7) is 8.44. The van der Waals surface area contributed by atoms with Gasteiger partial charge in [0, 0.05) is 36.0 Å². The van der Waals surface area contributed by atoms with Gasteiger partial charge in [-0.2, -0.15) is 0 Å². The van der Waals surface area contributed by atoms with E-state index >= 15 is 0 Å². The van der Waals surface area contributed by atoms with Crippen LogP contribution in [0, 0.1) is 18.3 Å². The first-order valence-electron chi connectivity index (χ1n) is 9.92. The van der Waals surface area contributed by atoms with Crippen molar-refractivity contribution >= 4 is 0 Å². The van der Waals surface area contributed by atoms with Gasteiger partial charge in [-0.15, -0.1) is 0 Å². The van der Waals surface area contributed by atoms with Gasteiger partial charge in [0.05, 0.1) is 6.61 Å². The fourth-order valence-electron chi connectivity index (χ4n) is 4.58. The van der Waals surface area contributed by atoms with Crippen LogP contribution in [0.1, 0.15) is 63.1 Å². The zero-order chi connectivity index (χ0) is 16.6. The average Bonchev–Trinajstić information content (AvgIpc) is 3.52. The van der Waals surface area contributed by atoms with Crippen molar-refractivity contribution in [2.24, 2.45) is 11.3 Å². The number of aromatic nitrogens is 1. The van der Waals surface area contributed by atoms with Crippen molar-refractivity contribution in [2.75, 3.05) is 26.3 Å². The first-order valence-corrected chi connectivity index (χ1v) is 9.92. The van der Waals surface area contributed by atoms with Crippen molar-refractivity contribution < 1.29 is 4.74 Å². The smallest absolute Gasteiger partial charge is 0.0535 e. The lowest BCUT2D eigenvalue weighted by Crippen LogP contribution is -2.37. The second-order valence-corrected chi connectivity index (χ2v) is 8.51. The van der Waals surface area contributed by atoms with E-state index in [1.165, 1.54) is 63.6 Å². The zero-order valence-corrected chi connectivity index (χ0v) is 15.4.